The van der Waals surface area contributed by atoms with E-state index in [0.29, 0.717) is 5.75 Å². The molecule has 0 fully saturated rings. The van der Waals surface area contributed by atoms with Crippen molar-refractivity contribution in [2.75, 3.05) is 12.8 Å². The van der Waals surface area contributed by atoms with E-state index in [1.807, 2.05) is 0 Å². The van der Waals surface area contributed by atoms with Gasteiger partial charge >= 0.3 is 5.97 Å². The summed E-state index contributed by atoms with van der Waals surface area (Å²) < 4.78 is 31.8. The lowest BCUT2D eigenvalue weighted by atomic mass is 10.2. The number of benzene rings is 2. The second-order valence-electron chi connectivity index (χ2n) is 4.32. The Morgan fingerprint density at radius 1 is 1.23 bits per heavy atom. The smallest absolute Gasteiger partial charge is 0.335 e. The molecular formula is C14H14N2O5S. The highest BCUT2D eigenvalue weighted by Crippen LogP contribution is 2.35. The zero-order chi connectivity index (χ0) is 16.3. The molecule has 2 rings (SSSR count). The number of nitrogen functional groups attached to an aromatic ring is 1. The summed E-state index contributed by atoms with van der Waals surface area (Å²) in [6.45, 7) is 0. The Hall–Kier alpha value is -2.58. The molecule has 2 aromatic rings. The number of carbonyl (C=O) groups is 1. The molecule has 0 aliphatic heterocycles. The number of para-hydroxylation sites is 1. The minimum Gasteiger partial charge on any atom is -0.478 e. The molecule has 0 amide bonds. The first-order valence-electron chi connectivity index (χ1n) is 6.18. The van der Waals surface area contributed by atoms with Gasteiger partial charge in [-0.3, -0.25) is 0 Å². The van der Waals surface area contributed by atoms with Crippen LogP contribution in [0.15, 0.2) is 47.4 Å². The molecule has 0 atom stereocenters. The molecule has 0 aromatic heterocycles. The molecule has 0 spiro atoms. The Morgan fingerprint density at radius 2 is 1.86 bits per heavy atom. The van der Waals surface area contributed by atoms with Crippen molar-refractivity contribution in [1.82, 2.24) is 4.72 Å². The molecule has 0 heterocycles. The highest BCUT2D eigenvalue weighted by Gasteiger charge is 2.23. The molecule has 2 aromatic carbocycles. The summed E-state index contributed by atoms with van der Waals surface area (Å²) in [4.78, 5) is 10.7. The van der Waals surface area contributed by atoms with Crippen LogP contribution in [0.4, 0.5) is 5.69 Å². The van der Waals surface area contributed by atoms with Gasteiger partial charge in [0.05, 0.1) is 11.3 Å². The minimum atomic E-state index is -3.95. The number of carboxylic acid groups (broad SMARTS) is 1. The van der Waals surface area contributed by atoms with Crippen molar-refractivity contribution in [1.29, 1.82) is 0 Å². The van der Waals surface area contributed by atoms with Crippen LogP contribution in [0.2, 0.25) is 0 Å². The molecule has 22 heavy (non-hydrogen) atoms. The van der Waals surface area contributed by atoms with Crippen molar-refractivity contribution >= 4 is 21.7 Å². The van der Waals surface area contributed by atoms with Gasteiger partial charge in [0, 0.05) is 0 Å². The number of aromatic carboxylic acids is 1. The third kappa shape index (κ3) is 3.18. The van der Waals surface area contributed by atoms with Gasteiger partial charge < -0.3 is 15.6 Å². The van der Waals surface area contributed by atoms with Gasteiger partial charge in [-0.25, -0.2) is 17.9 Å². The van der Waals surface area contributed by atoms with Crippen molar-refractivity contribution in [3.63, 3.8) is 0 Å². The topological polar surface area (TPSA) is 119 Å². The molecule has 4 N–H and O–H groups in total. The minimum absolute atomic E-state index is 0.0856. The third-order valence-corrected chi connectivity index (χ3v) is 4.27. The zero-order valence-electron chi connectivity index (χ0n) is 11.6. The predicted octanol–water partition coefficient (Wildman–Crippen LogP) is 1.67. The summed E-state index contributed by atoms with van der Waals surface area (Å²) >= 11 is 0. The quantitative estimate of drug-likeness (QED) is 0.720. The number of rotatable bonds is 5. The fourth-order valence-electron chi connectivity index (χ4n) is 1.77. The number of hydrogen-bond acceptors (Lipinski definition) is 5. The van der Waals surface area contributed by atoms with Gasteiger partial charge in [0.25, 0.3) is 0 Å². The molecule has 0 aliphatic rings. The van der Waals surface area contributed by atoms with Crippen LogP contribution in [0, 0.1) is 0 Å². The SMILES string of the molecule is CNS(=O)(=O)c1cc(C(=O)O)cc(N)c1Oc1ccccc1. The molecule has 0 unspecified atom stereocenters. The second kappa shape index (κ2) is 6.04. The number of anilines is 1. The van der Waals surface area contributed by atoms with Crippen molar-refractivity contribution in [2.45, 2.75) is 4.90 Å². The number of carboxylic acids is 1. The zero-order valence-corrected chi connectivity index (χ0v) is 12.4. The number of ether oxygens (including phenoxy) is 1. The van der Waals surface area contributed by atoms with Crippen LogP contribution >= 0.6 is 0 Å². The maximum absolute atomic E-state index is 12.1. The van der Waals surface area contributed by atoms with Gasteiger partial charge in [-0.1, -0.05) is 18.2 Å². The van der Waals surface area contributed by atoms with E-state index >= 15 is 0 Å². The number of nitrogens with two attached hydrogens (primary N) is 1. The van der Waals surface area contributed by atoms with Crippen molar-refractivity contribution in [2.24, 2.45) is 0 Å². The van der Waals surface area contributed by atoms with Gasteiger partial charge in [0.2, 0.25) is 10.0 Å². The summed E-state index contributed by atoms with van der Waals surface area (Å²) in [7, 11) is -2.73. The first-order valence-corrected chi connectivity index (χ1v) is 7.66. The van der Waals surface area contributed by atoms with E-state index in [4.69, 9.17) is 15.6 Å². The Labute approximate surface area is 127 Å². The van der Waals surface area contributed by atoms with Crippen LogP contribution < -0.4 is 15.2 Å². The van der Waals surface area contributed by atoms with Crippen LogP contribution in [0.25, 0.3) is 0 Å². The second-order valence-corrected chi connectivity index (χ2v) is 6.18. The van der Waals surface area contributed by atoms with Crippen LogP contribution in [0.5, 0.6) is 11.5 Å². The monoisotopic (exact) mass is 322 g/mol. The Kier molecular flexibility index (Phi) is 4.34. The van der Waals surface area contributed by atoms with Gasteiger partial charge in [-0.05, 0) is 31.3 Å². The van der Waals surface area contributed by atoms with Crippen molar-refractivity contribution < 1.29 is 23.1 Å². The average Bonchev–Trinajstić information content (AvgIpc) is 2.49. The molecule has 7 nitrogen and oxygen atoms in total. The largest absolute Gasteiger partial charge is 0.478 e. The highest BCUT2D eigenvalue weighted by atomic mass is 32.2. The van der Waals surface area contributed by atoms with Gasteiger partial charge in [0.15, 0.2) is 5.75 Å². The van der Waals surface area contributed by atoms with E-state index in [0.717, 1.165) is 12.1 Å². The average molecular weight is 322 g/mol. The molecule has 0 saturated heterocycles. The lowest BCUT2D eigenvalue weighted by molar-refractivity contribution is 0.0696. The van der Waals surface area contributed by atoms with E-state index in [-0.39, 0.29) is 21.9 Å². The van der Waals surface area contributed by atoms with Crippen LogP contribution in [-0.2, 0) is 10.0 Å². The maximum atomic E-state index is 12.1. The summed E-state index contributed by atoms with van der Waals surface area (Å²) in [5.74, 6) is -1.03. The van der Waals surface area contributed by atoms with E-state index in [2.05, 4.69) is 4.72 Å². The summed E-state index contributed by atoms with van der Waals surface area (Å²) in [6, 6.07) is 10.6. The third-order valence-electron chi connectivity index (χ3n) is 2.85. The molecule has 8 heteroatoms. The summed E-state index contributed by atoms with van der Waals surface area (Å²) in [5.41, 5.74) is 5.45. The summed E-state index contributed by atoms with van der Waals surface area (Å²) in [6.07, 6.45) is 0. The molecule has 0 aliphatic carbocycles. The van der Waals surface area contributed by atoms with Crippen LogP contribution in [-0.4, -0.2) is 26.5 Å². The van der Waals surface area contributed by atoms with E-state index in [1.165, 1.54) is 7.05 Å². The number of nitrogens with one attached hydrogen (secondary N) is 1. The first-order chi connectivity index (χ1) is 10.3. The fraction of sp³-hybridized carbons (Fsp3) is 0.0714. The van der Waals surface area contributed by atoms with Gasteiger partial charge in [-0.2, -0.15) is 0 Å². The van der Waals surface area contributed by atoms with E-state index in [1.54, 1.807) is 30.3 Å². The molecule has 0 radical (unpaired) electrons. The Bertz CT molecular complexity index is 803. The standard InChI is InChI=1S/C14H14N2O5S/c1-16-22(19,20)12-8-9(14(17)18)7-11(15)13(12)21-10-5-3-2-4-6-10/h2-8,16H,15H2,1H3,(H,17,18). The van der Waals surface area contributed by atoms with Gasteiger partial charge in [-0.15, -0.1) is 0 Å². The Morgan fingerprint density at radius 3 is 2.41 bits per heavy atom. The molecule has 116 valence electrons. The first kappa shape index (κ1) is 15.8. The van der Waals surface area contributed by atoms with Crippen molar-refractivity contribution in [3.8, 4) is 11.5 Å². The van der Waals surface area contributed by atoms with E-state index in [9.17, 15) is 13.2 Å². The molecule has 0 bridgehead atoms. The lowest BCUT2D eigenvalue weighted by Crippen LogP contribution is -2.20. The lowest BCUT2D eigenvalue weighted by Gasteiger charge is -2.14. The van der Waals surface area contributed by atoms with Crippen LogP contribution in [0.1, 0.15) is 10.4 Å². The predicted molar refractivity (Wildman–Crippen MR) is 80.6 cm³/mol. The molecule has 0 saturated carbocycles. The number of sulfonamides is 1. The summed E-state index contributed by atoms with van der Waals surface area (Å²) in [5, 5.41) is 9.04. The van der Waals surface area contributed by atoms with Crippen LogP contribution in [0.3, 0.4) is 0 Å². The van der Waals surface area contributed by atoms with Crippen molar-refractivity contribution in [3.05, 3.63) is 48.0 Å². The normalized spacial score (nSPS) is 11.1. The molecular weight excluding hydrogens is 308 g/mol. The number of hydrogen-bond donors (Lipinski definition) is 3. The van der Waals surface area contributed by atoms with E-state index < -0.39 is 16.0 Å². The Balaban J connectivity index is 2.64. The maximum Gasteiger partial charge on any atom is 0.335 e. The highest BCUT2D eigenvalue weighted by molar-refractivity contribution is 7.89. The van der Waals surface area contributed by atoms with Gasteiger partial charge in [0.1, 0.15) is 10.6 Å². The fourth-order valence-corrected chi connectivity index (χ4v) is 2.68.